The van der Waals surface area contributed by atoms with Crippen LogP contribution in [0, 0.1) is 5.41 Å². The molecule has 0 aromatic heterocycles. The van der Waals surface area contributed by atoms with Crippen LogP contribution in [0.4, 0.5) is 0 Å². The molecule has 1 aliphatic carbocycles. The third kappa shape index (κ3) is 4.31. The topological polar surface area (TPSA) is 32.3 Å². The van der Waals surface area contributed by atoms with Crippen molar-refractivity contribution in [2.75, 3.05) is 13.2 Å². The molecule has 0 aliphatic heterocycles. The van der Waals surface area contributed by atoms with Gasteiger partial charge in [0.2, 0.25) is 0 Å². The lowest BCUT2D eigenvalue weighted by molar-refractivity contribution is 0.210. The van der Waals surface area contributed by atoms with Gasteiger partial charge in [0.05, 0.1) is 0 Å². The van der Waals surface area contributed by atoms with Gasteiger partial charge in [-0.05, 0) is 48.6 Å². The SMILES string of the molecule is CC(C)(CCCO)CNC1CC(c2ccccc2Br)C1. The quantitative estimate of drug-likeness (QED) is 0.784. The molecule has 0 radical (unpaired) electrons. The Labute approximate surface area is 131 Å². The first-order chi connectivity index (χ1) is 9.52. The van der Waals surface area contributed by atoms with Gasteiger partial charge in [0.15, 0.2) is 0 Å². The van der Waals surface area contributed by atoms with Crippen molar-refractivity contribution in [1.29, 1.82) is 0 Å². The molecule has 0 atom stereocenters. The first-order valence-electron chi connectivity index (χ1n) is 7.60. The van der Waals surface area contributed by atoms with E-state index >= 15 is 0 Å². The van der Waals surface area contributed by atoms with Crippen LogP contribution in [0.2, 0.25) is 0 Å². The Bertz CT molecular complexity index is 427. The smallest absolute Gasteiger partial charge is 0.0431 e. The number of hydrogen-bond donors (Lipinski definition) is 2. The first-order valence-corrected chi connectivity index (χ1v) is 8.40. The fourth-order valence-electron chi connectivity index (χ4n) is 2.91. The number of benzene rings is 1. The number of aliphatic hydroxyl groups excluding tert-OH is 1. The van der Waals surface area contributed by atoms with Crippen LogP contribution in [-0.4, -0.2) is 24.3 Å². The zero-order chi connectivity index (χ0) is 14.6. The second-order valence-electron chi connectivity index (χ2n) is 6.76. The lowest BCUT2D eigenvalue weighted by Gasteiger charge is -2.39. The highest BCUT2D eigenvalue weighted by Crippen LogP contribution is 2.40. The maximum Gasteiger partial charge on any atom is 0.0431 e. The molecule has 2 rings (SSSR count). The largest absolute Gasteiger partial charge is 0.396 e. The van der Waals surface area contributed by atoms with Gasteiger partial charge < -0.3 is 10.4 Å². The zero-order valence-corrected chi connectivity index (χ0v) is 14.1. The average Bonchev–Trinajstić information content (AvgIpc) is 2.36. The molecule has 1 fully saturated rings. The van der Waals surface area contributed by atoms with Crippen LogP contribution in [-0.2, 0) is 0 Å². The van der Waals surface area contributed by atoms with Crippen LogP contribution in [0.25, 0.3) is 0 Å². The highest BCUT2D eigenvalue weighted by Gasteiger charge is 2.32. The summed E-state index contributed by atoms with van der Waals surface area (Å²) in [6.45, 7) is 5.90. The molecule has 0 heterocycles. The van der Waals surface area contributed by atoms with E-state index in [1.165, 1.54) is 22.9 Å². The third-order valence-corrected chi connectivity index (χ3v) is 5.09. The molecule has 0 saturated heterocycles. The molecule has 0 spiro atoms. The lowest BCUT2D eigenvalue weighted by Crippen LogP contribution is -2.44. The summed E-state index contributed by atoms with van der Waals surface area (Å²) in [7, 11) is 0. The summed E-state index contributed by atoms with van der Waals surface area (Å²) in [4.78, 5) is 0. The van der Waals surface area contributed by atoms with E-state index in [0.717, 1.165) is 19.4 Å². The van der Waals surface area contributed by atoms with Crippen LogP contribution < -0.4 is 5.32 Å². The molecule has 112 valence electrons. The monoisotopic (exact) mass is 339 g/mol. The Morgan fingerprint density at radius 1 is 1.30 bits per heavy atom. The highest BCUT2D eigenvalue weighted by atomic mass is 79.9. The van der Waals surface area contributed by atoms with Crippen LogP contribution in [0.3, 0.4) is 0 Å². The van der Waals surface area contributed by atoms with Gasteiger partial charge in [-0.15, -0.1) is 0 Å². The van der Waals surface area contributed by atoms with E-state index in [-0.39, 0.29) is 5.41 Å². The standard InChI is InChI=1S/C17H26BrNO/c1-17(2,8-5-9-20)12-19-14-10-13(11-14)15-6-3-4-7-16(15)18/h3-4,6-7,13-14,19-20H,5,8-12H2,1-2H3. The highest BCUT2D eigenvalue weighted by molar-refractivity contribution is 9.10. The molecule has 1 saturated carbocycles. The molecular weight excluding hydrogens is 314 g/mol. The van der Waals surface area contributed by atoms with Gasteiger partial charge in [-0.25, -0.2) is 0 Å². The number of rotatable bonds is 7. The molecule has 1 aliphatic rings. The van der Waals surface area contributed by atoms with Gasteiger partial charge in [0.25, 0.3) is 0 Å². The summed E-state index contributed by atoms with van der Waals surface area (Å²) in [5.74, 6) is 0.698. The normalized spacial score (nSPS) is 22.6. The zero-order valence-electron chi connectivity index (χ0n) is 12.5. The van der Waals surface area contributed by atoms with Crippen LogP contribution in [0.1, 0.15) is 51.0 Å². The van der Waals surface area contributed by atoms with Gasteiger partial charge in [0, 0.05) is 23.7 Å². The Balaban J connectivity index is 1.73. The number of hydrogen-bond acceptors (Lipinski definition) is 2. The molecule has 3 heteroatoms. The Hall–Kier alpha value is -0.380. The molecule has 2 N–H and O–H groups in total. The van der Waals surface area contributed by atoms with Crippen molar-refractivity contribution >= 4 is 15.9 Å². The van der Waals surface area contributed by atoms with Gasteiger partial charge in [-0.1, -0.05) is 48.0 Å². The van der Waals surface area contributed by atoms with Crippen molar-refractivity contribution < 1.29 is 5.11 Å². The van der Waals surface area contributed by atoms with E-state index in [0.29, 0.717) is 18.6 Å². The van der Waals surface area contributed by atoms with Crippen molar-refractivity contribution in [3.8, 4) is 0 Å². The lowest BCUT2D eigenvalue weighted by atomic mass is 9.75. The van der Waals surface area contributed by atoms with E-state index in [1.54, 1.807) is 0 Å². The summed E-state index contributed by atoms with van der Waals surface area (Å²) in [5, 5.41) is 12.6. The summed E-state index contributed by atoms with van der Waals surface area (Å²) in [6.07, 6.45) is 4.45. The summed E-state index contributed by atoms with van der Waals surface area (Å²) >= 11 is 3.65. The van der Waals surface area contributed by atoms with Gasteiger partial charge in [0.1, 0.15) is 0 Å². The molecule has 1 aromatic carbocycles. The minimum atomic E-state index is 0.279. The Morgan fingerprint density at radius 2 is 2.00 bits per heavy atom. The molecule has 2 nitrogen and oxygen atoms in total. The van der Waals surface area contributed by atoms with E-state index in [4.69, 9.17) is 5.11 Å². The fourth-order valence-corrected chi connectivity index (χ4v) is 3.52. The second kappa shape index (κ2) is 7.06. The molecule has 0 amide bonds. The van der Waals surface area contributed by atoms with Gasteiger partial charge >= 0.3 is 0 Å². The molecular formula is C17H26BrNO. The number of nitrogens with one attached hydrogen (secondary N) is 1. The number of halogens is 1. The van der Waals surface area contributed by atoms with Crippen LogP contribution in [0.15, 0.2) is 28.7 Å². The average molecular weight is 340 g/mol. The Kier molecular flexibility index (Phi) is 5.65. The number of aliphatic hydroxyl groups is 1. The summed E-state index contributed by atoms with van der Waals surface area (Å²) < 4.78 is 1.24. The summed E-state index contributed by atoms with van der Waals surface area (Å²) in [5.41, 5.74) is 1.73. The predicted octanol–water partition coefficient (Wildman–Crippen LogP) is 4.08. The van der Waals surface area contributed by atoms with E-state index in [2.05, 4.69) is 59.4 Å². The summed E-state index contributed by atoms with van der Waals surface area (Å²) in [6, 6.07) is 9.22. The second-order valence-corrected chi connectivity index (χ2v) is 7.61. The predicted molar refractivity (Wildman–Crippen MR) is 88.0 cm³/mol. The maximum absolute atomic E-state index is 8.93. The van der Waals surface area contributed by atoms with Crippen LogP contribution >= 0.6 is 15.9 Å². The molecule has 0 bridgehead atoms. The maximum atomic E-state index is 8.93. The van der Waals surface area contributed by atoms with E-state index in [1.807, 2.05) is 0 Å². The minimum absolute atomic E-state index is 0.279. The van der Waals surface area contributed by atoms with Crippen LogP contribution in [0.5, 0.6) is 0 Å². The first kappa shape index (κ1) is 16.0. The van der Waals surface area contributed by atoms with Crippen molar-refractivity contribution in [3.05, 3.63) is 34.3 Å². The fraction of sp³-hybridized carbons (Fsp3) is 0.647. The van der Waals surface area contributed by atoms with Gasteiger partial charge in [-0.3, -0.25) is 0 Å². The Morgan fingerprint density at radius 3 is 2.65 bits per heavy atom. The third-order valence-electron chi connectivity index (χ3n) is 4.36. The van der Waals surface area contributed by atoms with Crippen molar-refractivity contribution in [1.82, 2.24) is 5.32 Å². The molecule has 1 aromatic rings. The molecule has 20 heavy (non-hydrogen) atoms. The van der Waals surface area contributed by atoms with Gasteiger partial charge in [-0.2, -0.15) is 0 Å². The van der Waals surface area contributed by atoms with E-state index < -0.39 is 0 Å². The van der Waals surface area contributed by atoms with E-state index in [9.17, 15) is 0 Å². The van der Waals surface area contributed by atoms with Crippen molar-refractivity contribution in [3.63, 3.8) is 0 Å². The molecule has 0 unspecified atom stereocenters. The minimum Gasteiger partial charge on any atom is -0.396 e. The van der Waals surface area contributed by atoms with Crippen molar-refractivity contribution in [2.24, 2.45) is 5.41 Å². The van der Waals surface area contributed by atoms with Crippen molar-refractivity contribution in [2.45, 2.75) is 51.5 Å².